The summed E-state index contributed by atoms with van der Waals surface area (Å²) in [5.41, 5.74) is -1.50. The van der Waals surface area contributed by atoms with Crippen LogP contribution >= 0.6 is 0 Å². The van der Waals surface area contributed by atoms with Crippen LogP contribution in [-0.2, 0) is 19.1 Å². The standard InChI is InChI=1S/C14H25NO5/c1-8-19-11(17)9(10(16)13(2,3)4)15-12(18)20-14(5,6)7/h9H,8H2,1-7H3,(H,15,18)/t9-/m0/s1. The highest BCUT2D eigenvalue weighted by Crippen LogP contribution is 2.18. The van der Waals surface area contributed by atoms with Crippen LogP contribution in [0.4, 0.5) is 4.79 Å². The first-order valence-corrected chi connectivity index (χ1v) is 6.59. The van der Waals surface area contributed by atoms with E-state index in [1.54, 1.807) is 48.5 Å². The van der Waals surface area contributed by atoms with E-state index in [9.17, 15) is 14.4 Å². The summed E-state index contributed by atoms with van der Waals surface area (Å²) in [6.45, 7) is 11.8. The zero-order valence-electron chi connectivity index (χ0n) is 13.3. The summed E-state index contributed by atoms with van der Waals surface area (Å²) >= 11 is 0. The van der Waals surface area contributed by atoms with Crippen LogP contribution in [0.2, 0.25) is 0 Å². The highest BCUT2D eigenvalue weighted by atomic mass is 16.6. The number of carbonyl (C=O) groups is 3. The molecule has 6 heteroatoms. The summed E-state index contributed by atoms with van der Waals surface area (Å²) in [4.78, 5) is 35.7. The minimum atomic E-state index is -1.36. The van der Waals surface area contributed by atoms with Gasteiger partial charge in [0.25, 0.3) is 0 Å². The van der Waals surface area contributed by atoms with Crippen molar-refractivity contribution in [2.24, 2.45) is 5.41 Å². The number of hydrogen-bond donors (Lipinski definition) is 1. The monoisotopic (exact) mass is 287 g/mol. The van der Waals surface area contributed by atoms with E-state index in [1.165, 1.54) is 0 Å². The van der Waals surface area contributed by atoms with Gasteiger partial charge < -0.3 is 14.8 Å². The third-order valence-electron chi connectivity index (χ3n) is 2.18. The molecule has 0 fully saturated rings. The first kappa shape index (κ1) is 18.4. The Bertz CT molecular complexity index is 376. The Labute approximate surface area is 120 Å². The number of alkyl carbamates (subject to hydrolysis) is 1. The van der Waals surface area contributed by atoms with Gasteiger partial charge in [-0.2, -0.15) is 0 Å². The molecule has 20 heavy (non-hydrogen) atoms. The SMILES string of the molecule is CCOC(=O)[C@@H](NC(=O)OC(C)(C)C)C(=O)C(C)(C)C. The van der Waals surface area contributed by atoms with Crippen LogP contribution in [0, 0.1) is 5.41 Å². The zero-order chi connectivity index (χ0) is 16.1. The van der Waals surface area contributed by atoms with Crippen LogP contribution in [0.15, 0.2) is 0 Å². The Kier molecular flexibility index (Phi) is 6.19. The normalized spacial score (nSPS) is 13.3. The Hall–Kier alpha value is -1.59. The van der Waals surface area contributed by atoms with E-state index in [4.69, 9.17) is 9.47 Å². The van der Waals surface area contributed by atoms with Crippen molar-refractivity contribution in [3.8, 4) is 0 Å². The molecule has 0 unspecified atom stereocenters. The third kappa shape index (κ3) is 6.54. The molecule has 0 saturated carbocycles. The highest BCUT2D eigenvalue weighted by Gasteiger charge is 2.37. The molecule has 0 saturated heterocycles. The van der Waals surface area contributed by atoms with E-state index < -0.39 is 34.9 Å². The lowest BCUT2D eigenvalue weighted by Gasteiger charge is -2.26. The van der Waals surface area contributed by atoms with Gasteiger partial charge in [0.1, 0.15) is 5.60 Å². The number of carbonyl (C=O) groups excluding carboxylic acids is 3. The molecule has 1 atom stereocenters. The van der Waals surface area contributed by atoms with Gasteiger partial charge in [-0.3, -0.25) is 4.79 Å². The van der Waals surface area contributed by atoms with Crippen molar-refractivity contribution in [1.82, 2.24) is 5.32 Å². The van der Waals surface area contributed by atoms with Gasteiger partial charge in [-0.15, -0.1) is 0 Å². The lowest BCUT2D eigenvalue weighted by molar-refractivity contribution is -0.150. The highest BCUT2D eigenvalue weighted by molar-refractivity contribution is 6.07. The van der Waals surface area contributed by atoms with E-state index in [1.807, 2.05) is 0 Å². The van der Waals surface area contributed by atoms with Crippen molar-refractivity contribution >= 4 is 17.8 Å². The molecule has 0 bridgehead atoms. The predicted molar refractivity (Wildman–Crippen MR) is 74.3 cm³/mol. The molecule has 0 rings (SSSR count). The molecule has 1 amide bonds. The molecule has 116 valence electrons. The fourth-order valence-corrected chi connectivity index (χ4v) is 1.32. The number of amides is 1. The molecule has 0 spiro atoms. The van der Waals surface area contributed by atoms with Gasteiger partial charge in [0.15, 0.2) is 11.8 Å². The molecule has 0 aliphatic rings. The van der Waals surface area contributed by atoms with E-state index in [0.29, 0.717) is 0 Å². The van der Waals surface area contributed by atoms with Crippen molar-refractivity contribution in [3.63, 3.8) is 0 Å². The molecule has 0 radical (unpaired) electrons. The summed E-state index contributed by atoms with van der Waals surface area (Å²) in [7, 11) is 0. The summed E-state index contributed by atoms with van der Waals surface area (Å²) in [6.07, 6.45) is -0.826. The van der Waals surface area contributed by atoms with Crippen LogP contribution in [0.5, 0.6) is 0 Å². The van der Waals surface area contributed by atoms with Crippen molar-refractivity contribution in [2.75, 3.05) is 6.61 Å². The van der Waals surface area contributed by atoms with Gasteiger partial charge in [-0.1, -0.05) is 20.8 Å². The molecule has 0 aliphatic heterocycles. The largest absolute Gasteiger partial charge is 0.464 e. The van der Waals surface area contributed by atoms with Crippen LogP contribution in [0.1, 0.15) is 48.5 Å². The minimum Gasteiger partial charge on any atom is -0.464 e. The van der Waals surface area contributed by atoms with Gasteiger partial charge in [-0.25, -0.2) is 9.59 Å². The number of Topliss-reactive ketones (excluding diaryl/α,β-unsaturated/α-hetero) is 1. The molecule has 0 aromatic carbocycles. The summed E-state index contributed by atoms with van der Waals surface area (Å²) in [6, 6.07) is -1.36. The average molecular weight is 287 g/mol. The topological polar surface area (TPSA) is 81.7 Å². The Morgan fingerprint density at radius 1 is 1.05 bits per heavy atom. The number of hydrogen-bond acceptors (Lipinski definition) is 5. The van der Waals surface area contributed by atoms with E-state index in [-0.39, 0.29) is 6.61 Å². The Balaban J connectivity index is 5.02. The van der Waals surface area contributed by atoms with E-state index in [0.717, 1.165) is 0 Å². The smallest absolute Gasteiger partial charge is 0.408 e. The molecular weight excluding hydrogens is 262 g/mol. The van der Waals surface area contributed by atoms with Crippen LogP contribution in [-0.4, -0.2) is 36.1 Å². The molecule has 1 N–H and O–H groups in total. The van der Waals surface area contributed by atoms with Gasteiger partial charge in [0.05, 0.1) is 6.61 Å². The van der Waals surface area contributed by atoms with Crippen molar-refractivity contribution in [3.05, 3.63) is 0 Å². The summed E-state index contributed by atoms with van der Waals surface area (Å²) < 4.78 is 9.87. The number of ether oxygens (including phenoxy) is 2. The van der Waals surface area contributed by atoms with Crippen LogP contribution in [0.3, 0.4) is 0 Å². The fourth-order valence-electron chi connectivity index (χ4n) is 1.32. The Morgan fingerprint density at radius 2 is 1.55 bits per heavy atom. The maximum Gasteiger partial charge on any atom is 0.408 e. The molecule has 0 heterocycles. The van der Waals surface area contributed by atoms with Gasteiger partial charge in [-0.05, 0) is 27.7 Å². The first-order chi connectivity index (χ1) is 8.88. The quantitative estimate of drug-likeness (QED) is 0.632. The van der Waals surface area contributed by atoms with Crippen LogP contribution < -0.4 is 5.32 Å². The molecule has 6 nitrogen and oxygen atoms in total. The second kappa shape index (κ2) is 6.72. The molecule has 0 aromatic heterocycles. The summed E-state index contributed by atoms with van der Waals surface area (Å²) in [5, 5.41) is 2.28. The lowest BCUT2D eigenvalue weighted by atomic mass is 9.86. The minimum absolute atomic E-state index is 0.128. The van der Waals surface area contributed by atoms with Crippen molar-refractivity contribution in [1.29, 1.82) is 0 Å². The second-order valence-corrected chi connectivity index (χ2v) is 6.45. The van der Waals surface area contributed by atoms with Crippen molar-refractivity contribution in [2.45, 2.75) is 60.1 Å². The maximum absolute atomic E-state index is 12.2. The lowest BCUT2D eigenvalue weighted by Crippen LogP contribution is -2.52. The number of ketones is 1. The van der Waals surface area contributed by atoms with Crippen molar-refractivity contribution < 1.29 is 23.9 Å². The molecule has 0 aliphatic carbocycles. The maximum atomic E-state index is 12.2. The predicted octanol–water partition coefficient (Wildman–Crippen LogP) is 2.06. The number of esters is 1. The molecule has 0 aromatic rings. The average Bonchev–Trinajstić information content (AvgIpc) is 2.21. The molecular formula is C14H25NO5. The number of nitrogens with one attached hydrogen (secondary N) is 1. The zero-order valence-corrected chi connectivity index (χ0v) is 13.3. The Morgan fingerprint density at radius 3 is 1.90 bits per heavy atom. The van der Waals surface area contributed by atoms with E-state index >= 15 is 0 Å². The first-order valence-electron chi connectivity index (χ1n) is 6.59. The second-order valence-electron chi connectivity index (χ2n) is 6.45. The van der Waals surface area contributed by atoms with E-state index in [2.05, 4.69) is 5.32 Å². The summed E-state index contributed by atoms with van der Waals surface area (Å²) in [5.74, 6) is -1.21. The number of rotatable bonds is 4. The van der Waals surface area contributed by atoms with Gasteiger partial charge >= 0.3 is 12.1 Å². The third-order valence-corrected chi connectivity index (χ3v) is 2.18. The fraction of sp³-hybridized carbons (Fsp3) is 0.786. The van der Waals surface area contributed by atoms with Crippen LogP contribution in [0.25, 0.3) is 0 Å². The van der Waals surface area contributed by atoms with Gasteiger partial charge in [0.2, 0.25) is 0 Å². The van der Waals surface area contributed by atoms with Gasteiger partial charge in [0, 0.05) is 5.41 Å².